The summed E-state index contributed by atoms with van der Waals surface area (Å²) in [5.41, 5.74) is 1.06. The second-order valence-corrected chi connectivity index (χ2v) is 15.6. The van der Waals surface area contributed by atoms with Crippen molar-refractivity contribution in [2.75, 3.05) is 56.1 Å². The highest BCUT2D eigenvalue weighted by molar-refractivity contribution is 8.32. The highest BCUT2D eigenvalue weighted by atomic mass is 32.3. The number of piperidine rings is 1. The summed E-state index contributed by atoms with van der Waals surface area (Å²) in [6.07, 6.45) is 11.7. The normalized spacial score (nSPS) is 17.2. The van der Waals surface area contributed by atoms with Crippen molar-refractivity contribution in [2.45, 2.75) is 58.9 Å². The van der Waals surface area contributed by atoms with Crippen molar-refractivity contribution < 1.29 is 19.1 Å². The molecule has 2 aromatic rings. The molecule has 36 heavy (non-hydrogen) atoms. The first-order valence-corrected chi connectivity index (χ1v) is 15.5. The molecule has 1 saturated heterocycles. The van der Waals surface area contributed by atoms with E-state index < -0.39 is 15.6 Å². The first kappa shape index (κ1) is 28.0. The van der Waals surface area contributed by atoms with E-state index in [1.165, 1.54) is 0 Å². The summed E-state index contributed by atoms with van der Waals surface area (Å²) in [5, 5.41) is 6.26. The zero-order valence-electron chi connectivity index (χ0n) is 22.7. The maximum atomic E-state index is 12.8. The molecule has 1 fully saturated rings. The number of fused-ring (bicyclic) bond motifs is 1. The van der Waals surface area contributed by atoms with Gasteiger partial charge in [0.05, 0.1) is 18.4 Å². The largest absolute Gasteiger partial charge is 0.444 e. The molecular weight excluding hydrogens is 480 g/mol. The molecule has 10 nitrogen and oxygen atoms in total. The van der Waals surface area contributed by atoms with Gasteiger partial charge in [-0.1, -0.05) is 0 Å². The van der Waals surface area contributed by atoms with Gasteiger partial charge in [-0.15, -0.1) is 0 Å². The quantitative estimate of drug-likeness (QED) is 0.484. The third kappa shape index (κ3) is 7.99. The van der Waals surface area contributed by atoms with Gasteiger partial charge in [-0.2, -0.15) is 0 Å². The molecule has 0 aromatic carbocycles. The number of nitrogens with one attached hydrogen (secondary N) is 2. The van der Waals surface area contributed by atoms with Crippen molar-refractivity contribution in [1.82, 2.24) is 24.8 Å². The summed E-state index contributed by atoms with van der Waals surface area (Å²) < 4.78 is 13.3. The van der Waals surface area contributed by atoms with Crippen LogP contribution in [0.1, 0.15) is 50.9 Å². The van der Waals surface area contributed by atoms with E-state index in [1.54, 1.807) is 17.3 Å². The van der Waals surface area contributed by atoms with Crippen molar-refractivity contribution >= 4 is 39.0 Å². The smallest absolute Gasteiger partial charge is 0.410 e. The van der Waals surface area contributed by atoms with Crippen molar-refractivity contribution in [2.24, 2.45) is 0 Å². The van der Waals surface area contributed by atoms with Crippen LogP contribution >= 0.6 is 10.0 Å². The van der Waals surface area contributed by atoms with Crippen LogP contribution in [0.4, 0.5) is 10.6 Å². The number of rotatable bonds is 9. The van der Waals surface area contributed by atoms with Crippen LogP contribution in [0.15, 0.2) is 12.4 Å². The number of hydrogen-bond acceptors (Lipinski definition) is 7. The number of aromatic nitrogens is 3. The molecule has 3 rings (SSSR count). The van der Waals surface area contributed by atoms with Gasteiger partial charge in [0.25, 0.3) is 5.91 Å². The molecule has 0 saturated carbocycles. The van der Waals surface area contributed by atoms with Crippen molar-refractivity contribution in [3.8, 4) is 0 Å². The fourth-order valence-corrected chi connectivity index (χ4v) is 4.53. The van der Waals surface area contributed by atoms with E-state index in [9.17, 15) is 9.59 Å². The number of amides is 2. The molecular formula is C25H42N6O4S. The van der Waals surface area contributed by atoms with Crippen LogP contribution in [0.5, 0.6) is 0 Å². The van der Waals surface area contributed by atoms with Gasteiger partial charge in [0.1, 0.15) is 23.7 Å². The Hall–Kier alpha value is -2.53. The zero-order chi connectivity index (χ0) is 26.5. The number of nitrogens with zero attached hydrogens (tertiary/aromatic N) is 4. The number of anilines is 1. The molecule has 2 amide bonds. The molecule has 0 spiro atoms. The third-order valence-electron chi connectivity index (χ3n) is 5.64. The first-order valence-electron chi connectivity index (χ1n) is 12.5. The van der Waals surface area contributed by atoms with E-state index in [4.69, 9.17) is 14.5 Å². The summed E-state index contributed by atoms with van der Waals surface area (Å²) in [6, 6.07) is 0.0104. The molecule has 1 aliphatic heterocycles. The van der Waals surface area contributed by atoms with Crippen LogP contribution in [0, 0.1) is 0 Å². The predicted octanol–water partition coefficient (Wildman–Crippen LogP) is 3.66. The van der Waals surface area contributed by atoms with E-state index in [2.05, 4.69) is 34.4 Å². The Kier molecular flexibility index (Phi) is 9.10. The molecule has 202 valence electrons. The highest BCUT2D eigenvalue weighted by Crippen LogP contribution is 2.33. The Morgan fingerprint density at radius 1 is 1.25 bits per heavy atom. The van der Waals surface area contributed by atoms with Crippen LogP contribution in [0.2, 0.25) is 0 Å². The average Bonchev–Trinajstić information content (AvgIpc) is 3.13. The minimum atomic E-state index is -0.642. The van der Waals surface area contributed by atoms with E-state index in [-0.39, 0.29) is 18.0 Å². The zero-order valence-corrected chi connectivity index (χ0v) is 23.5. The van der Waals surface area contributed by atoms with Gasteiger partial charge in [0.2, 0.25) is 0 Å². The van der Waals surface area contributed by atoms with E-state index in [1.807, 2.05) is 32.3 Å². The number of carbonyl (C=O) groups is 2. The van der Waals surface area contributed by atoms with Crippen molar-refractivity contribution in [3.63, 3.8) is 0 Å². The molecule has 0 bridgehead atoms. The lowest BCUT2D eigenvalue weighted by molar-refractivity contribution is 0.0206. The van der Waals surface area contributed by atoms with Crippen molar-refractivity contribution in [1.29, 1.82) is 0 Å². The fraction of sp³-hybridized carbons (Fsp3) is 0.680. The predicted molar refractivity (Wildman–Crippen MR) is 146 cm³/mol. The van der Waals surface area contributed by atoms with E-state index in [0.29, 0.717) is 55.5 Å². The molecule has 2 aromatic heterocycles. The summed E-state index contributed by atoms with van der Waals surface area (Å²) in [7, 11) is -0.642. The van der Waals surface area contributed by atoms with Crippen LogP contribution in [0.3, 0.4) is 0 Å². The SMILES string of the molecule is CCNC(=O)c1cn(COCCS(C)(C)C)c2ncc(NC3CCCN(C(=O)OC(C)(C)C)C3)nc12. The average molecular weight is 523 g/mol. The molecule has 0 radical (unpaired) electrons. The molecule has 1 unspecified atom stereocenters. The molecule has 1 atom stereocenters. The van der Waals surface area contributed by atoms with Crippen LogP contribution in [-0.2, 0) is 16.2 Å². The topological polar surface area (TPSA) is 111 Å². The summed E-state index contributed by atoms with van der Waals surface area (Å²) in [5.74, 6) is 1.39. The highest BCUT2D eigenvalue weighted by Gasteiger charge is 2.28. The van der Waals surface area contributed by atoms with Gasteiger partial charge in [-0.25, -0.2) is 24.8 Å². The molecule has 3 heterocycles. The minimum absolute atomic E-state index is 0.0104. The van der Waals surface area contributed by atoms with Gasteiger partial charge in [0, 0.05) is 37.6 Å². The molecule has 1 aliphatic rings. The summed E-state index contributed by atoms with van der Waals surface area (Å²) in [6.45, 7) is 10.1. The maximum absolute atomic E-state index is 12.8. The lowest BCUT2D eigenvalue weighted by atomic mass is 10.1. The summed E-state index contributed by atoms with van der Waals surface area (Å²) >= 11 is 0. The third-order valence-corrected chi connectivity index (χ3v) is 7.03. The van der Waals surface area contributed by atoms with E-state index in [0.717, 1.165) is 18.6 Å². The van der Waals surface area contributed by atoms with Gasteiger partial charge in [-0.05, 0) is 59.3 Å². The number of carbonyl (C=O) groups excluding carboxylic acids is 2. The van der Waals surface area contributed by atoms with E-state index >= 15 is 0 Å². The number of hydrogen-bond donors (Lipinski definition) is 2. The second kappa shape index (κ2) is 11.7. The second-order valence-electron chi connectivity index (χ2n) is 11.0. The van der Waals surface area contributed by atoms with Gasteiger partial charge in [-0.3, -0.25) is 4.79 Å². The Morgan fingerprint density at radius 2 is 2.00 bits per heavy atom. The lowest BCUT2D eigenvalue weighted by Crippen LogP contribution is -2.47. The van der Waals surface area contributed by atoms with Crippen molar-refractivity contribution in [3.05, 3.63) is 18.0 Å². The molecule has 2 N–H and O–H groups in total. The monoisotopic (exact) mass is 522 g/mol. The minimum Gasteiger partial charge on any atom is -0.444 e. The van der Waals surface area contributed by atoms with Gasteiger partial charge < -0.3 is 29.6 Å². The molecule has 0 aliphatic carbocycles. The van der Waals surface area contributed by atoms with Gasteiger partial charge >= 0.3 is 6.09 Å². The Balaban J connectivity index is 1.76. The number of ether oxygens (including phenoxy) is 2. The van der Waals surface area contributed by atoms with Gasteiger partial charge in [0.15, 0.2) is 5.65 Å². The fourth-order valence-electron chi connectivity index (χ4n) is 3.91. The first-order chi connectivity index (χ1) is 16.9. The Bertz CT molecular complexity index is 1060. The summed E-state index contributed by atoms with van der Waals surface area (Å²) in [4.78, 5) is 36.4. The Labute approximate surface area is 215 Å². The van der Waals surface area contributed by atoms with Crippen LogP contribution in [0.25, 0.3) is 11.2 Å². The number of likely N-dealkylation sites (tertiary alicyclic amines) is 1. The lowest BCUT2D eigenvalue weighted by Gasteiger charge is -2.34. The standard InChI is InChI=1S/C25H42N6O4S/c1-8-26-23(32)19-16-31(17-34-12-13-36(5,6)7)22-21(19)29-20(14-27-22)28-18-10-9-11-30(15-18)24(33)35-25(2,3)4/h14,16,18H,8-13,15,17H2,1-7H3,(H,26,32)(H,28,29). The Morgan fingerprint density at radius 3 is 2.67 bits per heavy atom. The van der Waals surface area contributed by atoms with Crippen LogP contribution < -0.4 is 10.6 Å². The maximum Gasteiger partial charge on any atom is 0.410 e. The molecule has 11 heteroatoms. The van der Waals surface area contributed by atoms with Crippen LogP contribution in [-0.4, -0.2) is 93.8 Å².